The normalized spacial score (nSPS) is 11.3. The summed E-state index contributed by atoms with van der Waals surface area (Å²) < 4.78 is 1.75. The van der Waals surface area contributed by atoms with Crippen molar-refractivity contribution >= 4 is 17.5 Å². The van der Waals surface area contributed by atoms with E-state index in [1.807, 2.05) is 6.92 Å². The van der Waals surface area contributed by atoms with Crippen molar-refractivity contribution in [3.8, 4) is 0 Å². The number of anilines is 1. The molecule has 0 bridgehead atoms. The van der Waals surface area contributed by atoms with Crippen LogP contribution >= 0.6 is 0 Å². The largest absolute Gasteiger partial charge is 0.397 e. The Balaban J connectivity index is 2.84. The number of carbonyl (C=O) groups excluding carboxylic acids is 2. The molecule has 1 heterocycles. The number of primary amides is 1. The molecule has 0 saturated heterocycles. The Hall–Kier alpha value is -1.98. The second kappa shape index (κ2) is 5.12. The van der Waals surface area contributed by atoms with Crippen molar-refractivity contribution in [3.05, 3.63) is 18.0 Å². The fourth-order valence-electron chi connectivity index (χ4n) is 1.84. The van der Waals surface area contributed by atoms with Gasteiger partial charge in [0, 0.05) is 24.7 Å². The minimum atomic E-state index is -0.680. The number of nitrogens with one attached hydrogen (secondary N) is 1. The van der Waals surface area contributed by atoms with E-state index in [1.54, 1.807) is 30.7 Å². The van der Waals surface area contributed by atoms with E-state index in [-0.39, 0.29) is 12.3 Å². The summed E-state index contributed by atoms with van der Waals surface area (Å²) in [5.74, 6) is -0.717. The van der Waals surface area contributed by atoms with Crippen LogP contribution in [-0.4, -0.2) is 21.9 Å². The van der Waals surface area contributed by atoms with Crippen LogP contribution in [0.2, 0.25) is 0 Å². The molecule has 1 rings (SSSR count). The first-order valence-corrected chi connectivity index (χ1v) is 5.81. The molecule has 0 aliphatic rings. The molecule has 0 spiro atoms. The smallest absolute Gasteiger partial charge is 0.268 e. The minimum Gasteiger partial charge on any atom is -0.397 e. The van der Waals surface area contributed by atoms with E-state index in [9.17, 15) is 9.59 Å². The summed E-state index contributed by atoms with van der Waals surface area (Å²) in [4.78, 5) is 23.0. The van der Waals surface area contributed by atoms with Crippen LogP contribution in [0.5, 0.6) is 0 Å². The molecule has 0 atom stereocenters. The van der Waals surface area contributed by atoms with Crippen LogP contribution in [0.3, 0.4) is 0 Å². The van der Waals surface area contributed by atoms with Gasteiger partial charge in [-0.05, 0) is 26.8 Å². The number of hydrogen-bond donors (Lipinski definition) is 3. The molecule has 100 valence electrons. The monoisotopic (exact) mass is 252 g/mol. The van der Waals surface area contributed by atoms with Gasteiger partial charge in [-0.1, -0.05) is 0 Å². The van der Waals surface area contributed by atoms with E-state index in [4.69, 9.17) is 11.5 Å². The summed E-state index contributed by atoms with van der Waals surface area (Å²) in [6, 6.07) is 1.61. The first kappa shape index (κ1) is 14.1. The fourth-order valence-corrected chi connectivity index (χ4v) is 1.84. The van der Waals surface area contributed by atoms with Crippen molar-refractivity contribution in [2.75, 3.05) is 5.73 Å². The van der Waals surface area contributed by atoms with Gasteiger partial charge in [0.1, 0.15) is 5.69 Å². The standard InChI is InChI=1S/C12H20N4O2/c1-4-16-7-8(13)5-9(16)11(18)15-12(2,3)6-10(14)17/h5,7H,4,6,13H2,1-3H3,(H2,14,17)(H,15,18). The molecule has 2 amide bonds. The molecule has 1 aromatic heterocycles. The molecule has 0 aliphatic heterocycles. The maximum atomic E-state index is 12.1. The highest BCUT2D eigenvalue weighted by Crippen LogP contribution is 2.13. The van der Waals surface area contributed by atoms with Crippen LogP contribution in [0.15, 0.2) is 12.3 Å². The van der Waals surface area contributed by atoms with E-state index in [0.29, 0.717) is 17.9 Å². The molecule has 6 nitrogen and oxygen atoms in total. The predicted molar refractivity (Wildman–Crippen MR) is 69.9 cm³/mol. The Morgan fingerprint density at radius 3 is 2.56 bits per heavy atom. The lowest BCUT2D eigenvalue weighted by molar-refractivity contribution is -0.119. The number of amides is 2. The minimum absolute atomic E-state index is 0.0844. The topological polar surface area (TPSA) is 103 Å². The average molecular weight is 252 g/mol. The molecular weight excluding hydrogens is 232 g/mol. The number of nitrogens with zero attached hydrogens (tertiary/aromatic N) is 1. The van der Waals surface area contributed by atoms with E-state index >= 15 is 0 Å². The van der Waals surface area contributed by atoms with Crippen LogP contribution in [0, 0.1) is 0 Å². The van der Waals surface area contributed by atoms with Gasteiger partial charge in [0.25, 0.3) is 5.91 Å². The zero-order chi connectivity index (χ0) is 13.9. The van der Waals surface area contributed by atoms with Crippen molar-refractivity contribution in [3.63, 3.8) is 0 Å². The Morgan fingerprint density at radius 2 is 2.06 bits per heavy atom. The second-order valence-electron chi connectivity index (χ2n) is 4.93. The average Bonchev–Trinajstić information content (AvgIpc) is 2.56. The van der Waals surface area contributed by atoms with Gasteiger partial charge < -0.3 is 21.4 Å². The van der Waals surface area contributed by atoms with Crippen molar-refractivity contribution in [2.24, 2.45) is 5.73 Å². The van der Waals surface area contributed by atoms with Gasteiger partial charge in [0.2, 0.25) is 5.91 Å². The molecule has 6 heteroatoms. The number of hydrogen-bond acceptors (Lipinski definition) is 3. The molecule has 0 aliphatic carbocycles. The van der Waals surface area contributed by atoms with Crippen LogP contribution in [0.25, 0.3) is 0 Å². The summed E-state index contributed by atoms with van der Waals surface area (Å²) >= 11 is 0. The number of carbonyl (C=O) groups is 2. The Labute approximate surface area is 106 Å². The van der Waals surface area contributed by atoms with Gasteiger partial charge in [0.05, 0.1) is 5.69 Å². The molecule has 0 radical (unpaired) electrons. The van der Waals surface area contributed by atoms with Gasteiger partial charge in [-0.15, -0.1) is 0 Å². The third kappa shape index (κ3) is 3.51. The molecule has 1 aromatic rings. The summed E-state index contributed by atoms with van der Waals surface area (Å²) in [6.07, 6.45) is 1.79. The molecule has 0 aromatic carbocycles. The lowest BCUT2D eigenvalue weighted by Crippen LogP contribution is -2.46. The lowest BCUT2D eigenvalue weighted by Gasteiger charge is -2.24. The highest BCUT2D eigenvalue weighted by Gasteiger charge is 2.24. The molecule has 5 N–H and O–H groups in total. The highest BCUT2D eigenvalue weighted by molar-refractivity contribution is 5.94. The highest BCUT2D eigenvalue weighted by atomic mass is 16.2. The molecule has 0 saturated carbocycles. The Kier molecular flexibility index (Phi) is 4.00. The van der Waals surface area contributed by atoms with Gasteiger partial charge in [-0.2, -0.15) is 0 Å². The third-order valence-electron chi connectivity index (χ3n) is 2.56. The molecule has 18 heavy (non-hydrogen) atoms. The summed E-state index contributed by atoms with van der Waals surface area (Å²) in [5, 5.41) is 2.78. The zero-order valence-corrected chi connectivity index (χ0v) is 11.0. The number of nitrogens with two attached hydrogens (primary N) is 2. The van der Waals surface area contributed by atoms with Crippen LogP contribution in [0.1, 0.15) is 37.7 Å². The molecular formula is C12H20N4O2. The van der Waals surface area contributed by atoms with E-state index in [2.05, 4.69) is 5.32 Å². The third-order valence-corrected chi connectivity index (χ3v) is 2.56. The number of rotatable bonds is 5. The SMILES string of the molecule is CCn1cc(N)cc1C(=O)NC(C)(C)CC(N)=O. The van der Waals surface area contributed by atoms with Crippen molar-refractivity contribution < 1.29 is 9.59 Å². The van der Waals surface area contributed by atoms with Crippen molar-refractivity contribution in [1.29, 1.82) is 0 Å². The summed E-state index contributed by atoms with van der Waals surface area (Å²) in [5.41, 5.74) is 11.1. The fraction of sp³-hybridized carbons (Fsp3) is 0.500. The van der Waals surface area contributed by atoms with E-state index in [1.165, 1.54) is 0 Å². The first-order chi connectivity index (χ1) is 8.25. The van der Waals surface area contributed by atoms with Gasteiger partial charge in [0.15, 0.2) is 0 Å². The van der Waals surface area contributed by atoms with Crippen LogP contribution < -0.4 is 16.8 Å². The zero-order valence-electron chi connectivity index (χ0n) is 11.0. The molecule has 0 fully saturated rings. The summed E-state index contributed by atoms with van der Waals surface area (Å²) in [6.45, 7) is 6.07. The number of aryl methyl sites for hydroxylation is 1. The summed E-state index contributed by atoms with van der Waals surface area (Å²) in [7, 11) is 0. The number of nitrogen functional groups attached to an aromatic ring is 1. The van der Waals surface area contributed by atoms with Gasteiger partial charge in [-0.25, -0.2) is 0 Å². The van der Waals surface area contributed by atoms with Crippen LogP contribution in [-0.2, 0) is 11.3 Å². The van der Waals surface area contributed by atoms with Crippen molar-refractivity contribution in [2.45, 2.75) is 39.3 Å². The van der Waals surface area contributed by atoms with Crippen molar-refractivity contribution in [1.82, 2.24) is 9.88 Å². The Bertz CT molecular complexity index is 463. The molecule has 0 unspecified atom stereocenters. The second-order valence-corrected chi connectivity index (χ2v) is 4.93. The van der Waals surface area contributed by atoms with Gasteiger partial charge >= 0.3 is 0 Å². The quantitative estimate of drug-likeness (QED) is 0.709. The first-order valence-electron chi connectivity index (χ1n) is 5.81. The number of aromatic nitrogens is 1. The van der Waals surface area contributed by atoms with Crippen LogP contribution in [0.4, 0.5) is 5.69 Å². The Morgan fingerprint density at radius 1 is 1.44 bits per heavy atom. The maximum absolute atomic E-state index is 12.1. The predicted octanol–water partition coefficient (Wildman–Crippen LogP) is 0.474. The van der Waals surface area contributed by atoms with Gasteiger partial charge in [-0.3, -0.25) is 9.59 Å². The maximum Gasteiger partial charge on any atom is 0.268 e. The van der Waals surface area contributed by atoms with E-state index < -0.39 is 11.4 Å². The lowest BCUT2D eigenvalue weighted by atomic mass is 10.00. The van der Waals surface area contributed by atoms with E-state index in [0.717, 1.165) is 0 Å².